The molecule has 0 bridgehead atoms. The molecule has 10 atom stereocenters. The fourth-order valence-electron chi connectivity index (χ4n) is 9.83. The summed E-state index contributed by atoms with van der Waals surface area (Å²) >= 11 is 0. The Kier molecular flexibility index (Phi) is 5.25. The van der Waals surface area contributed by atoms with E-state index in [0.29, 0.717) is 17.9 Å². The van der Waals surface area contributed by atoms with Gasteiger partial charge in [-0.15, -0.1) is 0 Å². The van der Waals surface area contributed by atoms with Gasteiger partial charge < -0.3 is 14.9 Å². The second kappa shape index (κ2) is 7.20. The third kappa shape index (κ3) is 2.85. The average Bonchev–Trinajstić information content (AvgIpc) is 3.37. The van der Waals surface area contributed by atoms with E-state index < -0.39 is 0 Å². The minimum atomic E-state index is -0.279. The minimum absolute atomic E-state index is 0.0797. The number of hydrogen-bond donors (Lipinski definition) is 2. The van der Waals surface area contributed by atoms with Crippen LogP contribution in [0.3, 0.4) is 0 Å². The molecule has 0 amide bonds. The number of aliphatic hydroxyl groups excluding tert-OH is 2. The first-order valence-corrected chi connectivity index (χ1v) is 13.6. The van der Waals surface area contributed by atoms with Gasteiger partial charge in [-0.05, 0) is 98.4 Å². The average molecular weight is 457 g/mol. The van der Waals surface area contributed by atoms with Crippen molar-refractivity contribution in [3.05, 3.63) is 23.3 Å². The van der Waals surface area contributed by atoms with Crippen molar-refractivity contribution in [3.8, 4) is 0 Å². The van der Waals surface area contributed by atoms with Crippen LogP contribution in [0.1, 0.15) is 100 Å². The number of epoxide rings is 1. The number of aliphatic hydroxyl groups is 2. The van der Waals surface area contributed by atoms with Crippen LogP contribution in [0, 0.1) is 39.4 Å². The Labute approximate surface area is 202 Å². The van der Waals surface area contributed by atoms with Crippen LogP contribution < -0.4 is 0 Å². The summed E-state index contributed by atoms with van der Waals surface area (Å²) in [5.41, 5.74) is 3.05. The molecule has 10 unspecified atom stereocenters. The number of allylic oxidation sites excluding steroid dienone is 2. The van der Waals surface area contributed by atoms with Gasteiger partial charge in [-0.1, -0.05) is 59.3 Å². The maximum absolute atomic E-state index is 11.1. The van der Waals surface area contributed by atoms with Crippen LogP contribution in [0.15, 0.2) is 23.3 Å². The van der Waals surface area contributed by atoms with Crippen molar-refractivity contribution in [1.82, 2.24) is 0 Å². The lowest BCUT2D eigenvalue weighted by molar-refractivity contribution is -0.129. The van der Waals surface area contributed by atoms with Crippen LogP contribution in [0.2, 0.25) is 0 Å². The molecule has 33 heavy (non-hydrogen) atoms. The molecule has 0 aromatic heterocycles. The summed E-state index contributed by atoms with van der Waals surface area (Å²) in [6.07, 6.45) is 11.8. The van der Waals surface area contributed by atoms with Gasteiger partial charge in [0.15, 0.2) is 0 Å². The molecule has 0 aromatic carbocycles. The first kappa shape index (κ1) is 24.1. The Morgan fingerprint density at radius 1 is 1.12 bits per heavy atom. The maximum atomic E-state index is 11.1. The van der Waals surface area contributed by atoms with Crippen LogP contribution in [0.25, 0.3) is 0 Å². The van der Waals surface area contributed by atoms with Gasteiger partial charge >= 0.3 is 0 Å². The van der Waals surface area contributed by atoms with Crippen molar-refractivity contribution < 1.29 is 14.9 Å². The monoisotopic (exact) mass is 456 g/mol. The largest absolute Gasteiger partial charge is 0.393 e. The van der Waals surface area contributed by atoms with Gasteiger partial charge in [-0.25, -0.2) is 0 Å². The van der Waals surface area contributed by atoms with Crippen molar-refractivity contribution in [2.45, 2.75) is 124 Å². The van der Waals surface area contributed by atoms with E-state index in [1.165, 1.54) is 18.4 Å². The smallest absolute Gasteiger partial charge is 0.122 e. The third-order valence-corrected chi connectivity index (χ3v) is 12.2. The van der Waals surface area contributed by atoms with E-state index in [0.717, 1.165) is 32.1 Å². The van der Waals surface area contributed by atoms with Gasteiger partial charge in [-0.2, -0.15) is 0 Å². The van der Waals surface area contributed by atoms with E-state index in [9.17, 15) is 10.2 Å². The second-order valence-corrected chi connectivity index (χ2v) is 14.1. The first-order valence-electron chi connectivity index (χ1n) is 13.6. The second-order valence-electron chi connectivity index (χ2n) is 14.1. The number of hydrogen-bond acceptors (Lipinski definition) is 3. The highest BCUT2D eigenvalue weighted by Gasteiger charge is 2.81. The van der Waals surface area contributed by atoms with Gasteiger partial charge in [0, 0.05) is 5.41 Å². The summed E-state index contributed by atoms with van der Waals surface area (Å²) in [6, 6.07) is 0. The van der Waals surface area contributed by atoms with E-state index >= 15 is 0 Å². The Morgan fingerprint density at radius 2 is 1.82 bits per heavy atom. The van der Waals surface area contributed by atoms with Crippen molar-refractivity contribution in [2.75, 3.05) is 0 Å². The zero-order valence-electron chi connectivity index (χ0n) is 22.4. The predicted octanol–water partition coefficient (Wildman–Crippen LogP) is 6.44. The molecule has 3 saturated carbocycles. The van der Waals surface area contributed by atoms with E-state index in [1.54, 1.807) is 5.57 Å². The molecule has 1 spiro atoms. The molecule has 186 valence electrons. The Bertz CT molecular complexity index is 883. The molecule has 3 heteroatoms. The SMILES string of the molecule is CC(C)=CCC(O)C(C)C1CCC2(C)C3=CCC4C(C)(C)C(O)CCC4(C)C34OC4CC12C. The molecular weight excluding hydrogens is 408 g/mol. The molecule has 4 fully saturated rings. The maximum Gasteiger partial charge on any atom is 0.122 e. The lowest BCUT2D eigenvalue weighted by Crippen LogP contribution is -2.62. The summed E-state index contributed by atoms with van der Waals surface area (Å²) in [7, 11) is 0. The number of rotatable bonds is 4. The molecule has 1 aliphatic heterocycles. The van der Waals surface area contributed by atoms with E-state index in [2.05, 4.69) is 67.5 Å². The summed E-state index contributed by atoms with van der Waals surface area (Å²) in [5, 5.41) is 21.9. The van der Waals surface area contributed by atoms with E-state index in [1.807, 2.05) is 0 Å². The summed E-state index contributed by atoms with van der Waals surface area (Å²) in [6.45, 7) is 18.6. The van der Waals surface area contributed by atoms with Crippen LogP contribution >= 0.6 is 0 Å². The summed E-state index contributed by atoms with van der Waals surface area (Å²) < 4.78 is 6.88. The van der Waals surface area contributed by atoms with Gasteiger partial charge in [0.25, 0.3) is 0 Å². The fraction of sp³-hybridized carbons (Fsp3) is 0.867. The minimum Gasteiger partial charge on any atom is -0.393 e. The molecule has 3 nitrogen and oxygen atoms in total. The molecular formula is C30H48O3. The zero-order valence-corrected chi connectivity index (χ0v) is 22.4. The number of ether oxygens (including phenoxy) is 1. The molecule has 1 saturated heterocycles. The Hall–Kier alpha value is -0.640. The van der Waals surface area contributed by atoms with Gasteiger partial charge in [0.1, 0.15) is 5.60 Å². The van der Waals surface area contributed by atoms with Crippen LogP contribution in [-0.4, -0.2) is 34.1 Å². The highest BCUT2D eigenvalue weighted by Crippen LogP contribution is 2.80. The molecule has 1 heterocycles. The van der Waals surface area contributed by atoms with Crippen molar-refractivity contribution in [3.63, 3.8) is 0 Å². The van der Waals surface area contributed by atoms with Gasteiger partial charge in [0.05, 0.1) is 18.3 Å². The van der Waals surface area contributed by atoms with E-state index in [-0.39, 0.29) is 45.4 Å². The topological polar surface area (TPSA) is 53.0 Å². The Balaban J connectivity index is 1.50. The standard InChI is InChI=1S/C30H48O3/c1-18(2)9-10-21(31)19(3)20-13-15-27(6)23-12-11-22-26(4,5)24(32)14-16-28(22,7)30(23)25(33-30)17-29(20,27)8/h9,12,19-22,24-25,31-32H,10-11,13-17H2,1-8H3. The third-order valence-electron chi connectivity index (χ3n) is 12.2. The van der Waals surface area contributed by atoms with Crippen LogP contribution in [0.4, 0.5) is 0 Å². The summed E-state index contributed by atoms with van der Waals surface area (Å²) in [4.78, 5) is 0. The molecule has 2 N–H and O–H groups in total. The lowest BCUT2D eigenvalue weighted by Gasteiger charge is -2.62. The lowest BCUT2D eigenvalue weighted by atomic mass is 9.40. The van der Waals surface area contributed by atoms with E-state index in [4.69, 9.17) is 4.74 Å². The van der Waals surface area contributed by atoms with Gasteiger partial charge in [0.2, 0.25) is 0 Å². The molecule has 5 rings (SSSR count). The molecule has 4 aliphatic carbocycles. The van der Waals surface area contributed by atoms with Gasteiger partial charge in [-0.3, -0.25) is 0 Å². The predicted molar refractivity (Wildman–Crippen MR) is 134 cm³/mol. The van der Waals surface area contributed by atoms with Crippen molar-refractivity contribution in [2.24, 2.45) is 39.4 Å². The normalized spacial score (nSPS) is 51.3. The first-order chi connectivity index (χ1) is 15.3. The van der Waals surface area contributed by atoms with Crippen molar-refractivity contribution >= 4 is 0 Å². The Morgan fingerprint density at radius 3 is 2.48 bits per heavy atom. The van der Waals surface area contributed by atoms with Crippen molar-refractivity contribution in [1.29, 1.82) is 0 Å². The molecule has 0 aromatic rings. The highest BCUT2D eigenvalue weighted by atomic mass is 16.6. The quantitative estimate of drug-likeness (QED) is 0.378. The van der Waals surface area contributed by atoms with Crippen LogP contribution in [0.5, 0.6) is 0 Å². The highest BCUT2D eigenvalue weighted by molar-refractivity contribution is 5.47. The van der Waals surface area contributed by atoms with Crippen LogP contribution in [-0.2, 0) is 4.74 Å². The summed E-state index contributed by atoms with van der Waals surface area (Å²) in [5.74, 6) is 1.26. The molecule has 5 aliphatic rings. The zero-order chi connectivity index (χ0) is 24.2. The fourth-order valence-corrected chi connectivity index (χ4v) is 9.83. The number of fused-ring (bicyclic) bond motifs is 3. The molecule has 0 radical (unpaired) electrons.